The number of benzene rings is 1. The summed E-state index contributed by atoms with van der Waals surface area (Å²) in [5, 5.41) is 2.94. The Morgan fingerprint density at radius 3 is 1.82 bits per heavy atom. The lowest BCUT2D eigenvalue weighted by atomic mass is 10.1. The van der Waals surface area contributed by atoms with Crippen molar-refractivity contribution < 1.29 is 4.79 Å². The van der Waals surface area contributed by atoms with E-state index in [9.17, 15) is 4.79 Å². The van der Waals surface area contributed by atoms with E-state index in [0.717, 1.165) is 12.1 Å². The minimum absolute atomic E-state index is 0.141. The van der Waals surface area contributed by atoms with Crippen molar-refractivity contribution in [3.05, 3.63) is 30.3 Å². The molecule has 0 aromatic heterocycles. The summed E-state index contributed by atoms with van der Waals surface area (Å²) in [5.74, 6) is 0.141. The van der Waals surface area contributed by atoms with Crippen molar-refractivity contribution in [3.63, 3.8) is 0 Å². The van der Waals surface area contributed by atoms with E-state index in [4.69, 9.17) is 0 Å². The average molecular weight is 303 g/mol. The molecule has 0 aliphatic carbocycles. The standard InChI is InChI=1S/C20H33NO/c1-2-3-4-5-6-7-8-9-10-11-15-18-20(22)21-19-16-13-12-14-17-19/h12-14,16-17H,2-11,15,18H2,1H3,(H,21,22). The Morgan fingerprint density at radius 2 is 1.27 bits per heavy atom. The van der Waals surface area contributed by atoms with Gasteiger partial charge in [0.25, 0.3) is 0 Å². The molecule has 0 unspecified atom stereocenters. The highest BCUT2D eigenvalue weighted by atomic mass is 16.1. The minimum Gasteiger partial charge on any atom is -0.326 e. The fourth-order valence-electron chi connectivity index (χ4n) is 2.69. The van der Waals surface area contributed by atoms with Gasteiger partial charge in [0.15, 0.2) is 0 Å². The van der Waals surface area contributed by atoms with Gasteiger partial charge >= 0.3 is 0 Å². The summed E-state index contributed by atoms with van der Waals surface area (Å²) in [7, 11) is 0. The summed E-state index contributed by atoms with van der Waals surface area (Å²) in [4.78, 5) is 11.8. The fraction of sp³-hybridized carbons (Fsp3) is 0.650. The highest BCUT2D eigenvalue weighted by Crippen LogP contribution is 2.12. The fourth-order valence-corrected chi connectivity index (χ4v) is 2.69. The molecule has 0 radical (unpaired) electrons. The van der Waals surface area contributed by atoms with Crippen molar-refractivity contribution in [1.82, 2.24) is 0 Å². The van der Waals surface area contributed by atoms with Gasteiger partial charge < -0.3 is 5.32 Å². The highest BCUT2D eigenvalue weighted by Gasteiger charge is 2.01. The van der Waals surface area contributed by atoms with Crippen LogP contribution in [0.1, 0.15) is 84.0 Å². The van der Waals surface area contributed by atoms with Gasteiger partial charge in [-0.05, 0) is 18.6 Å². The molecule has 124 valence electrons. The second-order valence-electron chi connectivity index (χ2n) is 6.20. The van der Waals surface area contributed by atoms with Crippen LogP contribution in [0.4, 0.5) is 5.69 Å². The van der Waals surface area contributed by atoms with E-state index in [1.54, 1.807) is 0 Å². The van der Waals surface area contributed by atoms with Crippen LogP contribution in [-0.2, 0) is 4.79 Å². The molecule has 1 aromatic carbocycles. The summed E-state index contributed by atoms with van der Waals surface area (Å²) in [6.07, 6.45) is 15.1. The first kappa shape index (κ1) is 18.7. The largest absolute Gasteiger partial charge is 0.326 e. The first-order valence-corrected chi connectivity index (χ1v) is 9.18. The number of amides is 1. The third kappa shape index (κ3) is 10.4. The van der Waals surface area contributed by atoms with E-state index < -0.39 is 0 Å². The van der Waals surface area contributed by atoms with E-state index in [0.29, 0.717) is 6.42 Å². The van der Waals surface area contributed by atoms with Crippen LogP contribution in [-0.4, -0.2) is 5.91 Å². The number of anilines is 1. The van der Waals surface area contributed by atoms with E-state index in [2.05, 4.69) is 12.2 Å². The summed E-state index contributed by atoms with van der Waals surface area (Å²) < 4.78 is 0. The summed E-state index contributed by atoms with van der Waals surface area (Å²) >= 11 is 0. The predicted octanol–water partition coefficient (Wildman–Crippen LogP) is 6.33. The first-order chi connectivity index (χ1) is 10.8. The molecular weight excluding hydrogens is 270 g/mol. The lowest BCUT2D eigenvalue weighted by molar-refractivity contribution is -0.116. The van der Waals surface area contributed by atoms with Crippen LogP contribution in [0.25, 0.3) is 0 Å². The molecule has 0 atom stereocenters. The third-order valence-corrected chi connectivity index (χ3v) is 4.06. The van der Waals surface area contributed by atoms with Crippen molar-refractivity contribution >= 4 is 11.6 Å². The molecule has 0 saturated carbocycles. The van der Waals surface area contributed by atoms with Gasteiger partial charge in [-0.1, -0.05) is 89.3 Å². The van der Waals surface area contributed by atoms with Crippen molar-refractivity contribution in [1.29, 1.82) is 0 Å². The van der Waals surface area contributed by atoms with Crippen LogP contribution in [0.15, 0.2) is 30.3 Å². The second kappa shape index (κ2) is 13.4. The van der Waals surface area contributed by atoms with Gasteiger partial charge in [0, 0.05) is 12.1 Å². The Balaban J connectivity index is 1.86. The Kier molecular flexibility index (Phi) is 11.4. The maximum atomic E-state index is 11.8. The quantitative estimate of drug-likeness (QED) is 0.424. The van der Waals surface area contributed by atoms with Crippen molar-refractivity contribution in [2.24, 2.45) is 0 Å². The van der Waals surface area contributed by atoms with Crippen LogP contribution < -0.4 is 5.32 Å². The normalized spacial score (nSPS) is 10.6. The molecule has 2 heteroatoms. The highest BCUT2D eigenvalue weighted by molar-refractivity contribution is 5.90. The molecule has 1 aromatic rings. The van der Waals surface area contributed by atoms with Gasteiger partial charge in [0.05, 0.1) is 0 Å². The van der Waals surface area contributed by atoms with Crippen LogP contribution >= 0.6 is 0 Å². The Hall–Kier alpha value is -1.31. The van der Waals surface area contributed by atoms with Crippen LogP contribution in [0.3, 0.4) is 0 Å². The molecule has 0 saturated heterocycles. The number of nitrogens with one attached hydrogen (secondary N) is 1. The molecule has 1 N–H and O–H groups in total. The maximum Gasteiger partial charge on any atom is 0.224 e. The van der Waals surface area contributed by atoms with Crippen molar-refractivity contribution in [2.75, 3.05) is 5.32 Å². The number of hydrogen-bond acceptors (Lipinski definition) is 1. The number of unbranched alkanes of at least 4 members (excludes halogenated alkanes) is 10. The molecular formula is C20H33NO. The molecule has 22 heavy (non-hydrogen) atoms. The molecule has 1 amide bonds. The Bertz CT molecular complexity index is 375. The summed E-state index contributed by atoms with van der Waals surface area (Å²) in [5.41, 5.74) is 0.899. The lowest BCUT2D eigenvalue weighted by Crippen LogP contribution is -2.10. The molecule has 2 nitrogen and oxygen atoms in total. The number of carbonyl (C=O) groups is 1. The molecule has 1 rings (SSSR count). The van der Waals surface area contributed by atoms with Gasteiger partial charge in [-0.15, -0.1) is 0 Å². The smallest absolute Gasteiger partial charge is 0.224 e. The maximum absolute atomic E-state index is 11.8. The zero-order chi connectivity index (χ0) is 15.9. The van der Waals surface area contributed by atoms with Gasteiger partial charge in [-0.25, -0.2) is 0 Å². The molecule has 0 aliphatic rings. The van der Waals surface area contributed by atoms with E-state index >= 15 is 0 Å². The number of hydrogen-bond donors (Lipinski definition) is 1. The van der Waals surface area contributed by atoms with Gasteiger partial charge in [-0.3, -0.25) is 4.79 Å². The molecule has 0 heterocycles. The zero-order valence-corrected chi connectivity index (χ0v) is 14.3. The topological polar surface area (TPSA) is 29.1 Å². The van der Waals surface area contributed by atoms with E-state index in [1.807, 2.05) is 30.3 Å². The van der Waals surface area contributed by atoms with Crippen molar-refractivity contribution in [2.45, 2.75) is 84.0 Å². The van der Waals surface area contributed by atoms with Crippen LogP contribution in [0.5, 0.6) is 0 Å². The molecule has 0 bridgehead atoms. The minimum atomic E-state index is 0.141. The van der Waals surface area contributed by atoms with Crippen LogP contribution in [0.2, 0.25) is 0 Å². The summed E-state index contributed by atoms with van der Waals surface area (Å²) in [6.45, 7) is 2.26. The average Bonchev–Trinajstić information content (AvgIpc) is 2.53. The lowest BCUT2D eigenvalue weighted by Gasteiger charge is -2.05. The first-order valence-electron chi connectivity index (χ1n) is 9.18. The number of para-hydroxylation sites is 1. The van der Waals surface area contributed by atoms with Gasteiger partial charge in [0.1, 0.15) is 0 Å². The predicted molar refractivity (Wildman–Crippen MR) is 96.1 cm³/mol. The number of carbonyl (C=O) groups excluding carboxylic acids is 1. The third-order valence-electron chi connectivity index (χ3n) is 4.06. The van der Waals surface area contributed by atoms with Crippen molar-refractivity contribution in [3.8, 4) is 0 Å². The summed E-state index contributed by atoms with van der Waals surface area (Å²) in [6, 6.07) is 9.70. The monoisotopic (exact) mass is 303 g/mol. The SMILES string of the molecule is CCCCCCCCCCCCCC(=O)Nc1ccccc1. The Labute approximate surface area is 136 Å². The molecule has 0 fully saturated rings. The number of rotatable bonds is 13. The zero-order valence-electron chi connectivity index (χ0n) is 14.3. The van der Waals surface area contributed by atoms with E-state index in [1.165, 1.54) is 64.2 Å². The van der Waals surface area contributed by atoms with Crippen LogP contribution in [0, 0.1) is 0 Å². The Morgan fingerprint density at radius 1 is 0.773 bits per heavy atom. The second-order valence-corrected chi connectivity index (χ2v) is 6.20. The van der Waals surface area contributed by atoms with E-state index in [-0.39, 0.29) is 5.91 Å². The molecule has 0 spiro atoms. The molecule has 0 aliphatic heterocycles. The van der Waals surface area contributed by atoms with Gasteiger partial charge in [0.2, 0.25) is 5.91 Å². The van der Waals surface area contributed by atoms with Gasteiger partial charge in [-0.2, -0.15) is 0 Å².